The van der Waals surface area contributed by atoms with Crippen LogP contribution in [0.3, 0.4) is 0 Å². The van der Waals surface area contributed by atoms with Gasteiger partial charge < -0.3 is 58.7 Å². The Hall–Kier alpha value is -0.480. The smallest absolute Gasteiger partial charge is 0.187 e. The zero-order valence-electron chi connectivity index (χ0n) is 22.9. The van der Waals surface area contributed by atoms with Crippen molar-refractivity contribution in [1.29, 1.82) is 0 Å². The van der Waals surface area contributed by atoms with Crippen LogP contribution in [0.1, 0.15) is 65.2 Å². The Kier molecular flexibility index (Phi) is 9.85. The lowest BCUT2D eigenvalue weighted by Gasteiger charge is -2.50. The fraction of sp³-hybridized carbons (Fsp3) is 1.00. The number of rotatable bonds is 6. The van der Waals surface area contributed by atoms with Crippen LogP contribution in [0.15, 0.2) is 0 Å². The standard InChI is InChI=1S/C27H46O12/c1-3-15-7-6-8-16(22(15)38-25-21(32)20(31)18(29)14(2)35-25)36-26-24-23(19(30)17(13-28)37-26)39-27(10-12-34-27)9-4-5-11-33-24/h14-26,28-32H,3-13H2,1-2H3. The molecule has 12 nitrogen and oxygen atoms in total. The van der Waals surface area contributed by atoms with Gasteiger partial charge in [-0.1, -0.05) is 19.8 Å². The molecule has 4 saturated heterocycles. The minimum atomic E-state index is -1.43. The Labute approximate surface area is 229 Å². The molecule has 0 amide bonds. The van der Waals surface area contributed by atoms with Gasteiger partial charge in [0.2, 0.25) is 0 Å². The lowest BCUT2D eigenvalue weighted by atomic mass is 9.82. The summed E-state index contributed by atoms with van der Waals surface area (Å²) in [7, 11) is 0. The van der Waals surface area contributed by atoms with Gasteiger partial charge >= 0.3 is 0 Å². The second-order valence-electron chi connectivity index (χ2n) is 11.7. The Morgan fingerprint density at radius 3 is 2.31 bits per heavy atom. The van der Waals surface area contributed by atoms with Gasteiger partial charge in [-0.25, -0.2) is 0 Å². The first-order valence-electron chi connectivity index (χ1n) is 14.6. The molecule has 4 heterocycles. The number of aliphatic hydroxyl groups is 5. The first-order valence-corrected chi connectivity index (χ1v) is 14.6. The molecule has 5 fully saturated rings. The van der Waals surface area contributed by atoms with Gasteiger partial charge in [0, 0.05) is 19.4 Å². The van der Waals surface area contributed by atoms with Crippen LogP contribution in [-0.2, 0) is 33.2 Å². The molecule has 0 radical (unpaired) electrons. The molecule has 0 aromatic rings. The van der Waals surface area contributed by atoms with E-state index in [-0.39, 0.29) is 5.92 Å². The maximum absolute atomic E-state index is 11.1. The minimum Gasteiger partial charge on any atom is -0.394 e. The van der Waals surface area contributed by atoms with Crippen LogP contribution in [0.5, 0.6) is 0 Å². The van der Waals surface area contributed by atoms with Crippen molar-refractivity contribution in [3.8, 4) is 0 Å². The summed E-state index contributed by atoms with van der Waals surface area (Å²) in [6.07, 6.45) is -5.27. The van der Waals surface area contributed by atoms with Gasteiger partial charge in [-0.05, 0) is 38.5 Å². The molecule has 39 heavy (non-hydrogen) atoms. The number of hydrogen-bond acceptors (Lipinski definition) is 12. The monoisotopic (exact) mass is 562 g/mol. The lowest BCUT2D eigenvalue weighted by molar-refractivity contribution is -0.390. The molecule has 12 heteroatoms. The largest absolute Gasteiger partial charge is 0.394 e. The Balaban J connectivity index is 1.36. The molecule has 0 aromatic heterocycles. The van der Waals surface area contributed by atoms with Crippen molar-refractivity contribution in [1.82, 2.24) is 0 Å². The van der Waals surface area contributed by atoms with E-state index in [0.29, 0.717) is 26.1 Å². The van der Waals surface area contributed by atoms with Gasteiger partial charge in [-0.2, -0.15) is 0 Å². The molecular weight excluding hydrogens is 516 g/mol. The van der Waals surface area contributed by atoms with Crippen LogP contribution in [0.2, 0.25) is 0 Å². The van der Waals surface area contributed by atoms with E-state index in [4.69, 9.17) is 33.2 Å². The van der Waals surface area contributed by atoms with Crippen molar-refractivity contribution in [2.45, 2.75) is 145 Å². The molecule has 14 unspecified atom stereocenters. The number of ether oxygens (including phenoxy) is 7. The Bertz CT molecular complexity index is 782. The molecule has 1 saturated carbocycles. The lowest BCUT2D eigenvalue weighted by Crippen LogP contribution is -2.65. The molecular formula is C27H46O12. The van der Waals surface area contributed by atoms with Crippen molar-refractivity contribution in [3.63, 3.8) is 0 Å². The molecule has 5 aliphatic rings. The van der Waals surface area contributed by atoms with Crippen LogP contribution in [-0.4, -0.2) is 125 Å². The van der Waals surface area contributed by atoms with E-state index < -0.39 is 86.0 Å². The summed E-state index contributed by atoms with van der Waals surface area (Å²) in [5.74, 6) is -0.693. The van der Waals surface area contributed by atoms with E-state index in [0.717, 1.165) is 38.5 Å². The van der Waals surface area contributed by atoms with Crippen LogP contribution < -0.4 is 0 Å². The topological polar surface area (TPSA) is 166 Å². The maximum atomic E-state index is 11.1. The SMILES string of the molecule is CCC1CCCC(OC2OC(CO)C(O)C3OC4(CCCCOC23)CCO4)C1OC1OC(C)C(O)C(O)C1O. The van der Waals surface area contributed by atoms with Gasteiger partial charge in [-0.15, -0.1) is 0 Å². The van der Waals surface area contributed by atoms with Gasteiger partial charge in [0.25, 0.3) is 0 Å². The highest BCUT2D eigenvalue weighted by Gasteiger charge is 2.54. The third kappa shape index (κ3) is 6.18. The molecule has 0 bridgehead atoms. The number of hydrogen-bond donors (Lipinski definition) is 5. The van der Waals surface area contributed by atoms with Crippen LogP contribution in [0.25, 0.3) is 0 Å². The maximum Gasteiger partial charge on any atom is 0.187 e. The van der Waals surface area contributed by atoms with E-state index in [9.17, 15) is 25.5 Å². The third-order valence-electron chi connectivity index (χ3n) is 9.09. The second-order valence-corrected chi connectivity index (χ2v) is 11.7. The van der Waals surface area contributed by atoms with Crippen LogP contribution in [0.4, 0.5) is 0 Å². The van der Waals surface area contributed by atoms with Gasteiger partial charge in [-0.3, -0.25) is 0 Å². The zero-order valence-corrected chi connectivity index (χ0v) is 22.9. The quantitative estimate of drug-likeness (QED) is 0.293. The van der Waals surface area contributed by atoms with Crippen molar-refractivity contribution in [3.05, 3.63) is 0 Å². The van der Waals surface area contributed by atoms with E-state index in [1.807, 2.05) is 0 Å². The molecule has 4 aliphatic heterocycles. The predicted molar refractivity (Wildman–Crippen MR) is 133 cm³/mol. The summed E-state index contributed by atoms with van der Waals surface area (Å²) >= 11 is 0. The molecule has 226 valence electrons. The third-order valence-corrected chi connectivity index (χ3v) is 9.09. The molecule has 5 N–H and O–H groups in total. The summed E-state index contributed by atoms with van der Waals surface area (Å²) < 4.78 is 43.1. The van der Waals surface area contributed by atoms with Crippen LogP contribution in [0, 0.1) is 5.92 Å². The normalized spacial score (nSPS) is 51.3. The van der Waals surface area contributed by atoms with Gasteiger partial charge in [0.15, 0.2) is 18.4 Å². The first-order chi connectivity index (χ1) is 18.8. The van der Waals surface area contributed by atoms with Crippen molar-refractivity contribution < 1.29 is 58.7 Å². The highest BCUT2D eigenvalue weighted by atomic mass is 16.8. The Morgan fingerprint density at radius 1 is 0.821 bits per heavy atom. The Morgan fingerprint density at radius 2 is 1.62 bits per heavy atom. The minimum absolute atomic E-state index is 0.0850. The number of fused-ring (bicyclic) bond motifs is 1. The summed E-state index contributed by atoms with van der Waals surface area (Å²) in [4.78, 5) is 0. The summed E-state index contributed by atoms with van der Waals surface area (Å²) in [6, 6.07) is 0. The molecule has 14 atom stereocenters. The summed E-state index contributed by atoms with van der Waals surface area (Å²) in [5, 5.41) is 52.1. The van der Waals surface area contributed by atoms with E-state index in [1.165, 1.54) is 0 Å². The average molecular weight is 563 g/mol. The zero-order chi connectivity index (χ0) is 27.7. The number of aliphatic hydroxyl groups excluding tert-OH is 5. The van der Waals surface area contributed by atoms with E-state index in [2.05, 4.69) is 6.92 Å². The fourth-order valence-electron chi connectivity index (χ4n) is 6.55. The second kappa shape index (κ2) is 12.8. The highest BCUT2D eigenvalue weighted by Crippen LogP contribution is 2.41. The predicted octanol–water partition coefficient (Wildman–Crippen LogP) is -0.0566. The molecule has 5 rings (SSSR count). The van der Waals surface area contributed by atoms with Crippen molar-refractivity contribution >= 4 is 0 Å². The molecule has 1 aliphatic carbocycles. The van der Waals surface area contributed by atoms with Crippen molar-refractivity contribution in [2.24, 2.45) is 5.92 Å². The van der Waals surface area contributed by atoms with E-state index in [1.54, 1.807) is 6.92 Å². The molecule has 1 spiro atoms. The van der Waals surface area contributed by atoms with Gasteiger partial charge in [0.05, 0.1) is 31.5 Å². The van der Waals surface area contributed by atoms with Gasteiger partial charge in [0.1, 0.15) is 42.7 Å². The fourth-order valence-corrected chi connectivity index (χ4v) is 6.55. The summed E-state index contributed by atoms with van der Waals surface area (Å²) in [5.41, 5.74) is 0. The summed E-state index contributed by atoms with van der Waals surface area (Å²) in [6.45, 7) is 4.27. The van der Waals surface area contributed by atoms with Crippen LogP contribution >= 0.6 is 0 Å². The first kappa shape index (κ1) is 30.0. The van der Waals surface area contributed by atoms with Crippen molar-refractivity contribution in [2.75, 3.05) is 19.8 Å². The average Bonchev–Trinajstić information content (AvgIpc) is 3.02. The molecule has 0 aromatic carbocycles. The van der Waals surface area contributed by atoms with E-state index >= 15 is 0 Å². The highest BCUT2D eigenvalue weighted by molar-refractivity contribution is 4.96.